The minimum absolute atomic E-state index is 0.0902. The summed E-state index contributed by atoms with van der Waals surface area (Å²) in [5.74, 6) is 6.88. The zero-order valence-corrected chi connectivity index (χ0v) is 68.8. The molecule has 0 saturated carbocycles. The normalized spacial score (nSPS) is 12.2. The number of aliphatic hydroxyl groups is 1. The number of nitrogens with zero attached hydrogens (tertiary/aromatic N) is 13. The number of pyridine rings is 4. The van der Waals surface area contributed by atoms with Crippen molar-refractivity contribution < 1.29 is 43.1 Å². The second kappa shape index (κ2) is 40.0. The number of methoxy groups -OCH3 is 3. The molecule has 2 N–H and O–H groups in total. The third kappa shape index (κ3) is 21.0. The lowest BCUT2D eigenvalue weighted by atomic mass is 10.1. The second-order valence-corrected chi connectivity index (χ2v) is 29.6. The summed E-state index contributed by atoms with van der Waals surface area (Å²) in [7, 11) is 4.96. The van der Waals surface area contributed by atoms with Crippen LogP contribution in [0.3, 0.4) is 0 Å². The minimum atomic E-state index is -0.311. The van der Waals surface area contributed by atoms with Crippen LogP contribution in [0.1, 0.15) is 123 Å². The van der Waals surface area contributed by atoms with Crippen molar-refractivity contribution in [2.75, 3.05) is 73.9 Å². The lowest BCUT2D eigenvalue weighted by molar-refractivity contribution is 0.0526. The van der Waals surface area contributed by atoms with E-state index < -0.39 is 0 Å². The van der Waals surface area contributed by atoms with E-state index in [1.807, 2.05) is 188 Å². The van der Waals surface area contributed by atoms with E-state index in [1.165, 1.54) is 55.6 Å². The molecule has 0 spiro atoms. The van der Waals surface area contributed by atoms with Crippen molar-refractivity contribution in [3.8, 4) is 73.8 Å². The molecule has 18 rings (SSSR count). The molecule has 23 nitrogen and oxygen atoms in total. The van der Waals surface area contributed by atoms with Gasteiger partial charge in [-0.05, 0) is 268 Å². The molecule has 0 unspecified atom stereocenters. The molecule has 0 radical (unpaired) electrons. The van der Waals surface area contributed by atoms with Crippen LogP contribution < -0.4 is 29.0 Å². The number of nitrogens with one attached hydrogen (secondary N) is 1. The van der Waals surface area contributed by atoms with Gasteiger partial charge in [-0.3, -0.25) is 4.79 Å². The van der Waals surface area contributed by atoms with Crippen LogP contribution in [0.2, 0.25) is 0 Å². The highest BCUT2D eigenvalue weighted by Gasteiger charge is 2.20. The predicted octanol–water partition coefficient (Wildman–Crippen LogP) is 17.0. The first-order valence-corrected chi connectivity index (χ1v) is 41.3. The number of ether oxygens (including phenoxy) is 6. The van der Waals surface area contributed by atoms with E-state index in [9.17, 15) is 9.59 Å². The summed E-state index contributed by atoms with van der Waals surface area (Å²) in [5.41, 5.74) is 19.7. The number of amides is 1. The summed E-state index contributed by atoms with van der Waals surface area (Å²) in [5, 5.41) is 30.5. The summed E-state index contributed by atoms with van der Waals surface area (Å²) in [6, 6.07) is 86.0. The van der Waals surface area contributed by atoms with Crippen molar-refractivity contribution >= 4 is 34.5 Å². The number of aromatic nitrogens is 12. The van der Waals surface area contributed by atoms with Crippen LogP contribution in [0.15, 0.2) is 261 Å². The topological polar surface area (TPSA) is 246 Å². The Morgan fingerprint density at radius 2 is 0.860 bits per heavy atom. The molecule has 121 heavy (non-hydrogen) atoms. The number of aliphatic hydroxyl groups excluding tert-OH is 1. The Kier molecular flexibility index (Phi) is 27.2. The molecular weight excluding hydrogens is 1520 g/mol. The Morgan fingerprint density at radius 3 is 1.31 bits per heavy atom. The number of likely N-dealkylation sites (tertiary alicyclic amines) is 1. The fraction of sp³-hybridized carbons (Fsp3) is 0.245. The molecule has 10 heterocycles. The number of carbonyl (C=O) groups excluding carboxylic acids is 2. The summed E-state index contributed by atoms with van der Waals surface area (Å²) >= 11 is 0. The molecule has 2 aliphatic heterocycles. The molecule has 1 amide bonds. The van der Waals surface area contributed by atoms with Crippen LogP contribution in [-0.2, 0) is 43.3 Å². The quantitative estimate of drug-likeness (QED) is 0.0342. The van der Waals surface area contributed by atoms with Crippen molar-refractivity contribution in [3.63, 3.8) is 0 Å². The number of esters is 1. The molecule has 614 valence electrons. The number of rotatable bonds is 28. The average molecular weight is 1620 g/mol. The maximum Gasteiger partial charge on any atom is 0.338 e. The van der Waals surface area contributed by atoms with Gasteiger partial charge in [0, 0.05) is 66.5 Å². The SMILES string of the molecule is CCCCOc1ccc(Cc2nc3cccc(-c4ccc(OC)cc4)n3n2)cc1.CCOC(=O)c1ccc(Cc2nc3cccc(-c4ccc(OC)cc4)n3n2)cc1.COc1ccc(-c2cccc3nc(Cc4cccc(C(=O)NCCO)c4)nn23)cc1.c1cc(-c2ccc3c(c2)CCO3)n2nc(Cc3ccc(CCCN4CCCC4)cc3)nc2c1. The maximum absolute atomic E-state index is 12.1. The molecule has 1 saturated heterocycles. The highest BCUT2D eigenvalue weighted by molar-refractivity contribution is 5.94. The Balaban J connectivity index is 0.000000126. The zero-order chi connectivity index (χ0) is 83.2. The number of aryl methyl sites for hydroxylation is 1. The van der Waals surface area contributed by atoms with Crippen LogP contribution in [0.5, 0.6) is 28.7 Å². The van der Waals surface area contributed by atoms with Crippen molar-refractivity contribution in [2.24, 2.45) is 0 Å². The van der Waals surface area contributed by atoms with Crippen molar-refractivity contribution in [1.82, 2.24) is 68.6 Å². The number of benzene rings is 8. The molecule has 8 aromatic carbocycles. The highest BCUT2D eigenvalue weighted by atomic mass is 16.5. The Morgan fingerprint density at radius 1 is 0.438 bits per heavy atom. The first-order chi connectivity index (χ1) is 59.4. The van der Waals surface area contributed by atoms with Crippen LogP contribution in [-0.4, -0.2) is 154 Å². The van der Waals surface area contributed by atoms with Gasteiger partial charge in [0.2, 0.25) is 0 Å². The summed E-state index contributed by atoms with van der Waals surface area (Å²) in [6.07, 6.45) is 10.8. The van der Waals surface area contributed by atoms with Gasteiger partial charge in [-0.25, -0.2) is 42.8 Å². The van der Waals surface area contributed by atoms with E-state index in [0.717, 1.165) is 176 Å². The summed E-state index contributed by atoms with van der Waals surface area (Å²) < 4.78 is 39.7. The molecular formula is C98H98N14O9. The molecule has 0 aliphatic carbocycles. The van der Waals surface area contributed by atoms with Crippen molar-refractivity contribution in [1.29, 1.82) is 0 Å². The Hall–Kier alpha value is -13.9. The predicted molar refractivity (Wildman–Crippen MR) is 469 cm³/mol. The van der Waals surface area contributed by atoms with Gasteiger partial charge in [-0.15, -0.1) is 0 Å². The third-order valence-electron chi connectivity index (χ3n) is 21.1. The lowest BCUT2D eigenvalue weighted by Crippen LogP contribution is -2.26. The van der Waals surface area contributed by atoms with Gasteiger partial charge in [0.05, 0.1) is 76.1 Å². The number of unbranched alkanes of at least 4 members (excludes halogenated alkanes) is 1. The van der Waals surface area contributed by atoms with E-state index >= 15 is 0 Å². The zero-order valence-electron chi connectivity index (χ0n) is 68.8. The van der Waals surface area contributed by atoms with Crippen molar-refractivity contribution in [2.45, 2.75) is 84.5 Å². The smallest absolute Gasteiger partial charge is 0.338 e. The molecule has 16 aromatic rings. The van der Waals surface area contributed by atoms with Crippen LogP contribution in [0.25, 0.3) is 67.6 Å². The molecule has 0 bridgehead atoms. The fourth-order valence-corrected chi connectivity index (χ4v) is 14.8. The van der Waals surface area contributed by atoms with E-state index in [-0.39, 0.29) is 25.0 Å². The van der Waals surface area contributed by atoms with E-state index in [2.05, 4.69) is 99.9 Å². The second-order valence-electron chi connectivity index (χ2n) is 29.6. The summed E-state index contributed by atoms with van der Waals surface area (Å²) in [4.78, 5) is 45.3. The van der Waals surface area contributed by atoms with Gasteiger partial charge < -0.3 is 43.7 Å². The van der Waals surface area contributed by atoms with E-state index in [1.54, 1.807) is 46.5 Å². The van der Waals surface area contributed by atoms with Crippen LogP contribution >= 0.6 is 0 Å². The standard InChI is InChI=1S/C28H30N4O.C24H25N3O2.C23H22N4O3.C23H21N3O3/c1-2-16-31(15-1)17-4-5-21-8-10-22(11-9-21)19-27-29-28-7-3-6-25(32(28)30-27)23-12-13-26-24(20-23)14-18-33-26;1-3-4-16-29-21-12-8-18(9-13-21)17-23-25-24-7-5-6-22(27(24)26-23)19-10-14-20(28-2)15-11-19;1-30-19-10-8-17(9-11-19)20-6-3-7-22-25-21(26-27(20)22)15-16-4-2-5-18(14-16)23(29)24-12-13-28;1-3-29-23(27)18-9-7-16(8-10-18)15-21-24-22-6-4-5-20(26(22)25-21)17-11-13-19(28-2)14-12-17/h3,6-13,20H,1-2,4-5,14-19H2;5-15H,3-4,16-17H2,1-2H3;2-11,14,28H,12-13,15H2,1H3,(H,24,29);4-14H,3,15H2,1-2H3. The molecule has 1 fully saturated rings. The number of hydrogen-bond donors (Lipinski definition) is 2. The average Bonchev–Trinajstić information content (AvgIpc) is 1.67. The highest BCUT2D eigenvalue weighted by Crippen LogP contribution is 2.33. The van der Waals surface area contributed by atoms with Gasteiger partial charge in [0.1, 0.15) is 28.7 Å². The number of fused-ring (bicyclic) bond motifs is 5. The molecule has 2 aliphatic rings. The minimum Gasteiger partial charge on any atom is -0.497 e. The maximum atomic E-state index is 12.1. The van der Waals surface area contributed by atoms with Gasteiger partial charge in [0.15, 0.2) is 45.9 Å². The first-order valence-electron chi connectivity index (χ1n) is 41.3. The molecule has 23 heteroatoms. The van der Waals surface area contributed by atoms with Gasteiger partial charge >= 0.3 is 5.97 Å². The largest absolute Gasteiger partial charge is 0.497 e. The van der Waals surface area contributed by atoms with Crippen LogP contribution in [0.4, 0.5) is 0 Å². The number of hydrogen-bond acceptors (Lipinski definition) is 18. The fourth-order valence-electron chi connectivity index (χ4n) is 14.8. The van der Waals surface area contributed by atoms with E-state index in [4.69, 9.17) is 63.9 Å². The third-order valence-corrected chi connectivity index (χ3v) is 21.1. The monoisotopic (exact) mass is 1610 g/mol. The van der Waals surface area contributed by atoms with Gasteiger partial charge in [-0.1, -0.05) is 98.3 Å². The van der Waals surface area contributed by atoms with Gasteiger partial charge in [0.25, 0.3) is 5.91 Å². The molecule has 8 aromatic heterocycles. The van der Waals surface area contributed by atoms with Crippen LogP contribution in [0, 0.1) is 0 Å². The summed E-state index contributed by atoms with van der Waals surface area (Å²) in [6.45, 7) is 9.79. The van der Waals surface area contributed by atoms with Crippen molar-refractivity contribution in [3.05, 3.63) is 329 Å². The Bertz CT molecular complexity index is 6120. The van der Waals surface area contributed by atoms with Gasteiger partial charge in [-0.2, -0.15) is 20.4 Å². The first kappa shape index (κ1) is 82.2. The Labute approximate surface area is 703 Å². The molecule has 0 atom stereocenters. The van der Waals surface area contributed by atoms with E-state index in [0.29, 0.717) is 42.8 Å². The lowest BCUT2D eigenvalue weighted by Gasteiger charge is -2.13. The number of carbonyl (C=O) groups is 2.